The Labute approximate surface area is 253 Å². The Balaban J connectivity index is 1.20. The maximum atomic E-state index is 12.9. The maximum Gasteiger partial charge on any atom is 0.255 e. The van der Waals surface area contributed by atoms with Gasteiger partial charge >= 0.3 is 0 Å². The van der Waals surface area contributed by atoms with Gasteiger partial charge in [0.1, 0.15) is 0 Å². The lowest BCUT2D eigenvalue weighted by molar-refractivity contribution is 0.102. The molecule has 0 bridgehead atoms. The Kier molecular flexibility index (Phi) is 9.18. The largest absolute Gasteiger partial charge is 0.369 e. The summed E-state index contributed by atoms with van der Waals surface area (Å²) in [5.74, 6) is -0.103. The lowest BCUT2D eigenvalue weighted by Gasteiger charge is -2.22. The van der Waals surface area contributed by atoms with E-state index in [1.165, 1.54) is 12.4 Å². The molecule has 3 aromatic carbocycles. The standard InChI is InChI=1S/C30H28ClN7O4S/c31-27-10-7-22(36-28(39)20-3-1-19(16-32)2-4-20)15-26(27)29(40)37-23-17-34-30(35-18-23)38-21-5-8-24(9-6-21)43(41,42)25-11-13-33-14-12-25/h1-10,15,17-18,25,29,33,37,40H,11-14H2,(H,36,39)(H,34,35,38)/t29-/m0/s1. The van der Waals surface area contributed by atoms with Crippen LogP contribution in [0.4, 0.5) is 23.0 Å². The van der Waals surface area contributed by atoms with Crippen molar-refractivity contribution in [2.75, 3.05) is 29.0 Å². The van der Waals surface area contributed by atoms with Gasteiger partial charge < -0.3 is 26.4 Å². The first-order valence-electron chi connectivity index (χ1n) is 13.4. The first-order chi connectivity index (χ1) is 20.7. The Hall–Kier alpha value is -4.54. The topological polar surface area (TPSA) is 169 Å². The number of hydrogen-bond acceptors (Lipinski definition) is 10. The summed E-state index contributed by atoms with van der Waals surface area (Å²) in [6.07, 6.45) is 2.90. The third kappa shape index (κ3) is 7.28. The van der Waals surface area contributed by atoms with Crippen LogP contribution >= 0.6 is 11.6 Å². The molecule has 1 saturated heterocycles. The normalized spacial score (nSPS) is 14.3. The van der Waals surface area contributed by atoms with Crippen LogP contribution in [0, 0.1) is 11.3 Å². The third-order valence-electron chi connectivity index (χ3n) is 6.94. The van der Waals surface area contributed by atoms with E-state index in [4.69, 9.17) is 16.9 Å². The zero-order valence-electron chi connectivity index (χ0n) is 22.8. The summed E-state index contributed by atoms with van der Waals surface area (Å²) >= 11 is 6.32. The van der Waals surface area contributed by atoms with Gasteiger partial charge in [-0.3, -0.25) is 4.79 Å². The molecule has 13 heteroatoms. The van der Waals surface area contributed by atoms with Gasteiger partial charge in [0, 0.05) is 27.5 Å². The summed E-state index contributed by atoms with van der Waals surface area (Å²) < 4.78 is 25.8. The number of hydrogen-bond donors (Lipinski definition) is 5. The van der Waals surface area contributed by atoms with Crippen molar-refractivity contribution in [1.82, 2.24) is 15.3 Å². The minimum absolute atomic E-state index is 0.277. The highest BCUT2D eigenvalue weighted by Gasteiger charge is 2.28. The lowest BCUT2D eigenvalue weighted by Crippen LogP contribution is -2.35. The van der Waals surface area contributed by atoms with Crippen LogP contribution in [0.5, 0.6) is 0 Å². The van der Waals surface area contributed by atoms with Crippen LogP contribution in [0.15, 0.2) is 84.0 Å². The van der Waals surface area contributed by atoms with Crippen molar-refractivity contribution >= 4 is 50.4 Å². The highest BCUT2D eigenvalue weighted by Crippen LogP contribution is 2.28. The minimum Gasteiger partial charge on any atom is -0.369 e. The van der Waals surface area contributed by atoms with E-state index in [1.807, 2.05) is 6.07 Å². The molecule has 11 nitrogen and oxygen atoms in total. The number of nitrogens with zero attached hydrogens (tertiary/aromatic N) is 3. The fourth-order valence-corrected chi connectivity index (χ4v) is 6.57. The van der Waals surface area contributed by atoms with Crippen LogP contribution in [0.3, 0.4) is 0 Å². The molecule has 2 heterocycles. The number of benzene rings is 3. The van der Waals surface area contributed by atoms with Gasteiger partial charge in [-0.15, -0.1) is 0 Å². The number of piperidine rings is 1. The number of aromatic nitrogens is 2. The number of amides is 1. The van der Waals surface area contributed by atoms with Gasteiger partial charge in [-0.1, -0.05) is 11.6 Å². The van der Waals surface area contributed by atoms with Crippen LogP contribution in [-0.4, -0.2) is 47.7 Å². The fraction of sp³-hybridized carbons (Fsp3) is 0.200. The van der Waals surface area contributed by atoms with Gasteiger partial charge in [0.25, 0.3) is 5.91 Å². The van der Waals surface area contributed by atoms with E-state index in [0.29, 0.717) is 59.7 Å². The molecule has 5 rings (SSSR count). The SMILES string of the molecule is N#Cc1ccc(C(=O)Nc2ccc(Cl)c([C@H](O)Nc3cnc(Nc4ccc(S(=O)(=O)C5CCNCC5)cc4)nc3)c2)cc1. The van der Waals surface area contributed by atoms with E-state index in [0.717, 1.165) is 0 Å². The summed E-state index contributed by atoms with van der Waals surface area (Å²) in [6.45, 7) is 1.39. The number of carbonyl (C=O) groups is 1. The second-order valence-corrected chi connectivity index (χ2v) is 12.5. The minimum atomic E-state index is -3.39. The molecule has 1 aliphatic rings. The first-order valence-corrected chi connectivity index (χ1v) is 15.3. The molecule has 5 N–H and O–H groups in total. The second kappa shape index (κ2) is 13.2. The van der Waals surface area contributed by atoms with E-state index in [2.05, 4.69) is 31.2 Å². The molecule has 0 aliphatic carbocycles. The summed E-state index contributed by atoms with van der Waals surface area (Å²) in [5, 5.41) is 31.5. The van der Waals surface area contributed by atoms with Gasteiger partial charge in [0.05, 0.1) is 39.9 Å². The molecule has 0 spiro atoms. The molecular weight excluding hydrogens is 590 g/mol. The van der Waals surface area contributed by atoms with Gasteiger partial charge in [0.2, 0.25) is 5.95 Å². The Bertz CT molecular complexity index is 1740. The number of carbonyl (C=O) groups excluding carboxylic acids is 1. The van der Waals surface area contributed by atoms with Crippen molar-refractivity contribution in [3.05, 3.63) is 101 Å². The summed E-state index contributed by atoms with van der Waals surface area (Å²) in [5.41, 5.74) is 2.59. The smallest absolute Gasteiger partial charge is 0.255 e. The highest BCUT2D eigenvalue weighted by atomic mass is 35.5. The van der Waals surface area contributed by atoms with Crippen LogP contribution in [-0.2, 0) is 9.84 Å². The number of nitriles is 1. The molecule has 4 aromatic rings. The number of nitrogens with one attached hydrogen (secondary N) is 4. The van der Waals surface area contributed by atoms with Crippen LogP contribution < -0.4 is 21.3 Å². The van der Waals surface area contributed by atoms with Gasteiger partial charge in [-0.05, 0) is 92.7 Å². The maximum absolute atomic E-state index is 12.9. The average Bonchev–Trinajstić information content (AvgIpc) is 3.03. The number of rotatable bonds is 9. The Morgan fingerprint density at radius 3 is 2.28 bits per heavy atom. The lowest BCUT2D eigenvalue weighted by atomic mass is 10.1. The van der Waals surface area contributed by atoms with Gasteiger partial charge in [-0.25, -0.2) is 18.4 Å². The molecule has 1 aromatic heterocycles. The molecule has 1 aliphatic heterocycles. The van der Waals surface area contributed by atoms with Gasteiger partial charge in [0.15, 0.2) is 16.1 Å². The van der Waals surface area contributed by atoms with Crippen molar-refractivity contribution in [3.8, 4) is 6.07 Å². The predicted octanol–water partition coefficient (Wildman–Crippen LogP) is 4.63. The Morgan fingerprint density at radius 1 is 0.977 bits per heavy atom. The fourth-order valence-electron chi connectivity index (χ4n) is 4.59. The molecule has 0 unspecified atom stereocenters. The van der Waals surface area contributed by atoms with E-state index < -0.39 is 16.1 Å². The molecule has 220 valence electrons. The van der Waals surface area contributed by atoms with E-state index >= 15 is 0 Å². The van der Waals surface area contributed by atoms with Crippen LogP contribution in [0.1, 0.15) is 40.6 Å². The van der Waals surface area contributed by atoms with Crippen LogP contribution in [0.2, 0.25) is 5.02 Å². The summed E-state index contributed by atoms with van der Waals surface area (Å²) in [4.78, 5) is 21.4. The van der Waals surface area contributed by atoms with Crippen molar-refractivity contribution in [1.29, 1.82) is 5.26 Å². The van der Waals surface area contributed by atoms with Gasteiger partial charge in [-0.2, -0.15) is 5.26 Å². The number of anilines is 4. The van der Waals surface area contributed by atoms with Crippen molar-refractivity contribution in [2.24, 2.45) is 0 Å². The molecule has 0 saturated carbocycles. The van der Waals surface area contributed by atoms with E-state index in [1.54, 1.807) is 66.7 Å². The zero-order chi connectivity index (χ0) is 30.4. The van der Waals surface area contributed by atoms with Crippen molar-refractivity contribution in [3.63, 3.8) is 0 Å². The van der Waals surface area contributed by atoms with Crippen molar-refractivity contribution in [2.45, 2.75) is 29.2 Å². The summed E-state index contributed by atoms with van der Waals surface area (Å²) in [7, 11) is -3.39. The molecule has 0 radical (unpaired) electrons. The summed E-state index contributed by atoms with van der Waals surface area (Å²) in [6, 6.07) is 19.4. The monoisotopic (exact) mass is 617 g/mol. The number of halogens is 1. The molecule has 1 fully saturated rings. The molecular formula is C30H28ClN7O4S. The van der Waals surface area contributed by atoms with E-state index in [9.17, 15) is 18.3 Å². The number of aliphatic hydroxyl groups is 1. The third-order valence-corrected chi connectivity index (χ3v) is 9.57. The molecule has 1 atom stereocenters. The Morgan fingerprint density at radius 2 is 1.63 bits per heavy atom. The first kappa shape index (κ1) is 29.9. The number of aliphatic hydroxyl groups excluding tert-OH is 1. The average molecular weight is 618 g/mol. The second-order valence-electron chi connectivity index (χ2n) is 9.87. The quantitative estimate of drug-likeness (QED) is 0.167. The molecule has 43 heavy (non-hydrogen) atoms. The van der Waals surface area contributed by atoms with Crippen LogP contribution in [0.25, 0.3) is 0 Å². The predicted molar refractivity (Wildman–Crippen MR) is 164 cm³/mol. The highest BCUT2D eigenvalue weighted by molar-refractivity contribution is 7.92. The number of sulfone groups is 1. The molecule has 1 amide bonds. The zero-order valence-corrected chi connectivity index (χ0v) is 24.4. The van der Waals surface area contributed by atoms with Crippen molar-refractivity contribution < 1.29 is 18.3 Å². The van der Waals surface area contributed by atoms with E-state index in [-0.39, 0.29) is 27.0 Å².